The lowest BCUT2D eigenvalue weighted by atomic mass is 10.1. The number of pyridine rings is 1. The van der Waals surface area contributed by atoms with Crippen molar-refractivity contribution in [3.05, 3.63) is 65.5 Å². The van der Waals surface area contributed by atoms with E-state index in [1.54, 1.807) is 12.4 Å². The Morgan fingerprint density at radius 3 is 2.76 bits per heavy atom. The zero-order valence-corrected chi connectivity index (χ0v) is 13.9. The minimum Gasteiger partial charge on any atom is -0.294 e. The fourth-order valence-corrected chi connectivity index (χ4v) is 3.03. The normalized spacial score (nSPS) is 14.3. The van der Waals surface area contributed by atoms with Gasteiger partial charge in [0.15, 0.2) is 5.82 Å². The summed E-state index contributed by atoms with van der Waals surface area (Å²) in [6.45, 7) is 4.25. The van der Waals surface area contributed by atoms with Gasteiger partial charge in [0.05, 0.1) is 11.3 Å². The van der Waals surface area contributed by atoms with Gasteiger partial charge in [0.25, 0.3) is 0 Å². The predicted octanol–water partition coefficient (Wildman–Crippen LogP) is 2.33. The molecule has 0 unspecified atom stereocenters. The van der Waals surface area contributed by atoms with E-state index in [4.69, 9.17) is 0 Å². The van der Waals surface area contributed by atoms with E-state index < -0.39 is 5.95 Å². The maximum absolute atomic E-state index is 13.2. The van der Waals surface area contributed by atoms with Gasteiger partial charge in [0.1, 0.15) is 6.33 Å². The van der Waals surface area contributed by atoms with Crippen molar-refractivity contribution in [3.8, 4) is 11.4 Å². The number of hydrogen-bond donors (Lipinski definition) is 0. The smallest absolute Gasteiger partial charge is 0.213 e. The lowest BCUT2D eigenvalue weighted by Crippen LogP contribution is -2.31. The van der Waals surface area contributed by atoms with Crippen molar-refractivity contribution in [3.63, 3.8) is 0 Å². The number of hydrogen-bond acceptors (Lipinski definition) is 6. The average Bonchev–Trinajstić information content (AvgIpc) is 2.64. The minimum absolute atomic E-state index is 0.434. The number of aryl methyl sites for hydroxylation is 1. The Bertz CT molecular complexity index is 899. The molecule has 0 spiro atoms. The zero-order valence-electron chi connectivity index (χ0n) is 13.9. The summed E-state index contributed by atoms with van der Waals surface area (Å²) in [7, 11) is 0. The van der Waals surface area contributed by atoms with E-state index in [1.807, 2.05) is 19.2 Å². The predicted molar refractivity (Wildman–Crippen MR) is 89.8 cm³/mol. The molecule has 0 saturated carbocycles. The van der Waals surface area contributed by atoms with Crippen molar-refractivity contribution in [1.82, 2.24) is 29.8 Å². The van der Waals surface area contributed by atoms with E-state index in [9.17, 15) is 4.39 Å². The van der Waals surface area contributed by atoms with Gasteiger partial charge in [-0.05, 0) is 18.6 Å². The molecular formula is C18H17FN6. The number of aromatic nitrogens is 5. The van der Waals surface area contributed by atoms with Crippen LogP contribution in [0, 0.1) is 12.9 Å². The van der Waals surface area contributed by atoms with Gasteiger partial charge >= 0.3 is 0 Å². The Morgan fingerprint density at radius 1 is 1.12 bits per heavy atom. The van der Waals surface area contributed by atoms with Crippen LogP contribution in [0.5, 0.6) is 0 Å². The molecule has 3 aromatic heterocycles. The maximum Gasteiger partial charge on any atom is 0.213 e. The highest BCUT2D eigenvalue weighted by atomic mass is 19.1. The molecule has 0 bridgehead atoms. The second kappa shape index (κ2) is 6.60. The topological polar surface area (TPSA) is 67.7 Å². The Morgan fingerprint density at radius 2 is 1.96 bits per heavy atom. The van der Waals surface area contributed by atoms with Gasteiger partial charge in [0.2, 0.25) is 5.95 Å². The lowest BCUT2D eigenvalue weighted by Gasteiger charge is -2.28. The van der Waals surface area contributed by atoms with Crippen LogP contribution >= 0.6 is 0 Å². The van der Waals surface area contributed by atoms with Gasteiger partial charge in [-0.2, -0.15) is 4.39 Å². The Kier molecular flexibility index (Phi) is 4.15. The summed E-state index contributed by atoms with van der Waals surface area (Å²) in [6.07, 6.45) is 7.66. The third-order valence-corrected chi connectivity index (χ3v) is 4.39. The van der Waals surface area contributed by atoms with Gasteiger partial charge in [-0.3, -0.25) is 4.90 Å². The largest absolute Gasteiger partial charge is 0.294 e. The SMILES string of the molecule is Cc1nc(F)ccc1CN1CCc2nc(-c3cncnc3)ncc2C1. The van der Waals surface area contributed by atoms with E-state index >= 15 is 0 Å². The van der Waals surface area contributed by atoms with Crippen LogP contribution in [0.3, 0.4) is 0 Å². The van der Waals surface area contributed by atoms with E-state index in [-0.39, 0.29) is 0 Å². The van der Waals surface area contributed by atoms with Crippen molar-refractivity contribution < 1.29 is 4.39 Å². The molecule has 0 saturated heterocycles. The summed E-state index contributed by atoms with van der Waals surface area (Å²) in [6, 6.07) is 3.22. The lowest BCUT2D eigenvalue weighted by molar-refractivity contribution is 0.242. The molecule has 4 heterocycles. The summed E-state index contributed by atoms with van der Waals surface area (Å²) in [5.74, 6) is 0.224. The average molecular weight is 336 g/mol. The maximum atomic E-state index is 13.2. The first-order valence-corrected chi connectivity index (χ1v) is 8.13. The quantitative estimate of drug-likeness (QED) is 0.684. The van der Waals surface area contributed by atoms with Gasteiger partial charge < -0.3 is 0 Å². The van der Waals surface area contributed by atoms with Crippen LogP contribution in [0.4, 0.5) is 4.39 Å². The molecule has 6 nitrogen and oxygen atoms in total. The molecule has 7 heteroatoms. The Labute approximate surface area is 144 Å². The highest BCUT2D eigenvalue weighted by molar-refractivity contribution is 5.52. The summed E-state index contributed by atoms with van der Waals surface area (Å²) < 4.78 is 13.2. The van der Waals surface area contributed by atoms with Crippen molar-refractivity contribution in [2.24, 2.45) is 0 Å². The second-order valence-electron chi connectivity index (χ2n) is 6.13. The monoisotopic (exact) mass is 336 g/mol. The third-order valence-electron chi connectivity index (χ3n) is 4.39. The molecule has 126 valence electrons. The number of nitrogens with zero attached hydrogens (tertiary/aromatic N) is 6. The van der Waals surface area contributed by atoms with Crippen LogP contribution in [0.1, 0.15) is 22.5 Å². The van der Waals surface area contributed by atoms with Gasteiger partial charge in [0, 0.05) is 55.9 Å². The Hall–Kier alpha value is -2.80. The highest BCUT2D eigenvalue weighted by Gasteiger charge is 2.19. The Balaban J connectivity index is 1.52. The minimum atomic E-state index is -0.434. The first kappa shape index (κ1) is 15.7. The fraction of sp³-hybridized carbons (Fsp3) is 0.278. The molecule has 1 aliphatic rings. The van der Waals surface area contributed by atoms with Crippen LogP contribution in [-0.4, -0.2) is 36.4 Å². The molecular weight excluding hydrogens is 319 g/mol. The van der Waals surface area contributed by atoms with Crippen molar-refractivity contribution >= 4 is 0 Å². The zero-order chi connectivity index (χ0) is 17.2. The standard InChI is InChI=1S/C18H17FN6/c1-12-13(2-3-17(19)23-12)9-25-5-4-16-15(10-25)8-22-18(24-16)14-6-20-11-21-7-14/h2-3,6-8,11H,4-5,9-10H2,1H3. The first-order valence-electron chi connectivity index (χ1n) is 8.13. The number of fused-ring (bicyclic) bond motifs is 1. The van der Waals surface area contributed by atoms with Crippen molar-refractivity contribution in [2.75, 3.05) is 6.54 Å². The number of halogens is 1. The van der Waals surface area contributed by atoms with Crippen molar-refractivity contribution in [2.45, 2.75) is 26.4 Å². The molecule has 0 radical (unpaired) electrons. The molecule has 0 aromatic carbocycles. The van der Waals surface area contributed by atoms with Crippen LogP contribution in [0.15, 0.2) is 37.1 Å². The molecule has 3 aromatic rings. The molecule has 0 amide bonds. The van der Waals surface area contributed by atoms with Gasteiger partial charge in [-0.1, -0.05) is 6.07 Å². The van der Waals surface area contributed by atoms with Crippen LogP contribution in [-0.2, 0) is 19.5 Å². The second-order valence-corrected chi connectivity index (χ2v) is 6.13. The highest BCUT2D eigenvalue weighted by Crippen LogP contribution is 2.22. The van der Waals surface area contributed by atoms with Crippen molar-refractivity contribution in [1.29, 1.82) is 0 Å². The molecule has 0 aliphatic carbocycles. The van der Waals surface area contributed by atoms with Crippen LogP contribution < -0.4 is 0 Å². The summed E-state index contributed by atoms with van der Waals surface area (Å²) in [5, 5.41) is 0. The molecule has 0 N–H and O–H groups in total. The van der Waals surface area contributed by atoms with Crippen LogP contribution in [0.2, 0.25) is 0 Å². The fourth-order valence-electron chi connectivity index (χ4n) is 3.03. The van der Waals surface area contributed by atoms with E-state index in [0.717, 1.165) is 54.1 Å². The van der Waals surface area contributed by atoms with E-state index in [0.29, 0.717) is 5.82 Å². The summed E-state index contributed by atoms with van der Waals surface area (Å²) in [5.41, 5.74) is 4.80. The molecule has 4 rings (SSSR count). The first-order chi connectivity index (χ1) is 12.2. The van der Waals surface area contributed by atoms with E-state index in [2.05, 4.69) is 29.8 Å². The third kappa shape index (κ3) is 3.36. The van der Waals surface area contributed by atoms with Gasteiger partial charge in [-0.15, -0.1) is 0 Å². The summed E-state index contributed by atoms with van der Waals surface area (Å²) in [4.78, 5) is 23.4. The van der Waals surface area contributed by atoms with Crippen LogP contribution in [0.25, 0.3) is 11.4 Å². The molecule has 0 fully saturated rings. The number of rotatable bonds is 3. The molecule has 1 aliphatic heterocycles. The van der Waals surface area contributed by atoms with Gasteiger partial charge in [-0.25, -0.2) is 24.9 Å². The molecule has 0 atom stereocenters. The summed E-state index contributed by atoms with van der Waals surface area (Å²) >= 11 is 0. The molecule has 25 heavy (non-hydrogen) atoms. The van der Waals surface area contributed by atoms with E-state index in [1.165, 1.54) is 12.4 Å².